The van der Waals surface area contributed by atoms with E-state index in [4.69, 9.17) is 4.74 Å². The summed E-state index contributed by atoms with van der Waals surface area (Å²) >= 11 is 1.41. The Kier molecular flexibility index (Phi) is 5.22. The zero-order valence-electron chi connectivity index (χ0n) is 15.0. The van der Waals surface area contributed by atoms with Crippen molar-refractivity contribution in [3.63, 3.8) is 0 Å². The molecule has 0 aliphatic carbocycles. The quantitative estimate of drug-likeness (QED) is 0.590. The fourth-order valence-corrected chi connectivity index (χ4v) is 3.65. The molecule has 3 N–H and O–H groups in total. The molecule has 9 heteroatoms. The first-order valence-electron chi connectivity index (χ1n) is 8.11. The van der Waals surface area contributed by atoms with Crippen LogP contribution >= 0.6 is 11.3 Å². The molecule has 8 nitrogen and oxygen atoms in total. The standard InChI is InChI=1S/C18H18N4O4S/c1-9-10(2)27-18-15(9)17(25)19-13(20-18)8-14(23)21-22-16(24)11-6-4-5-7-12(11)26-3/h4-7H,8H2,1-3H3,(H,21,23)(H,22,24)(H,19,20,25). The smallest absolute Gasteiger partial charge is 0.273 e. The van der Waals surface area contributed by atoms with Gasteiger partial charge in [-0.05, 0) is 31.5 Å². The van der Waals surface area contributed by atoms with E-state index in [2.05, 4.69) is 20.8 Å². The summed E-state index contributed by atoms with van der Waals surface area (Å²) in [5.74, 6) is -0.394. The van der Waals surface area contributed by atoms with Crippen LogP contribution in [0.3, 0.4) is 0 Å². The summed E-state index contributed by atoms with van der Waals surface area (Å²) in [4.78, 5) is 45.1. The van der Waals surface area contributed by atoms with Crippen LogP contribution in [0, 0.1) is 13.8 Å². The molecule has 0 saturated carbocycles. The minimum absolute atomic E-state index is 0.173. The molecule has 140 valence electrons. The van der Waals surface area contributed by atoms with Gasteiger partial charge in [-0.3, -0.25) is 25.2 Å². The Morgan fingerprint density at radius 3 is 2.70 bits per heavy atom. The summed E-state index contributed by atoms with van der Waals surface area (Å²) in [7, 11) is 1.46. The number of nitrogens with one attached hydrogen (secondary N) is 3. The topological polar surface area (TPSA) is 113 Å². The van der Waals surface area contributed by atoms with E-state index in [1.165, 1.54) is 18.4 Å². The van der Waals surface area contributed by atoms with Crippen molar-refractivity contribution in [2.24, 2.45) is 0 Å². The Balaban J connectivity index is 1.68. The van der Waals surface area contributed by atoms with Crippen LogP contribution in [0.5, 0.6) is 5.75 Å². The number of methoxy groups -OCH3 is 1. The third kappa shape index (κ3) is 3.82. The number of fused-ring (bicyclic) bond motifs is 1. The molecule has 3 aromatic rings. The van der Waals surface area contributed by atoms with Crippen LogP contribution in [0.15, 0.2) is 29.1 Å². The summed E-state index contributed by atoms with van der Waals surface area (Å²) in [5.41, 5.74) is 5.54. The van der Waals surface area contributed by atoms with Gasteiger partial charge in [0.2, 0.25) is 5.91 Å². The largest absolute Gasteiger partial charge is 0.496 e. The second kappa shape index (κ2) is 7.58. The van der Waals surface area contributed by atoms with Crippen molar-refractivity contribution in [2.45, 2.75) is 20.3 Å². The number of hydrogen-bond donors (Lipinski definition) is 3. The molecule has 0 bridgehead atoms. The first-order valence-corrected chi connectivity index (χ1v) is 8.93. The number of H-pyrrole nitrogens is 1. The highest BCUT2D eigenvalue weighted by molar-refractivity contribution is 7.18. The van der Waals surface area contributed by atoms with E-state index in [0.717, 1.165) is 10.4 Å². The summed E-state index contributed by atoms with van der Waals surface area (Å²) in [6.07, 6.45) is -0.173. The Morgan fingerprint density at radius 1 is 1.22 bits per heavy atom. The van der Waals surface area contributed by atoms with Crippen molar-refractivity contribution < 1.29 is 14.3 Å². The molecule has 0 radical (unpaired) electrons. The molecule has 0 unspecified atom stereocenters. The number of carbonyl (C=O) groups is 2. The molecule has 0 atom stereocenters. The van der Waals surface area contributed by atoms with E-state index in [1.54, 1.807) is 24.3 Å². The SMILES string of the molecule is COc1ccccc1C(=O)NNC(=O)Cc1nc2sc(C)c(C)c2c(=O)[nH]1. The molecule has 2 aromatic heterocycles. The van der Waals surface area contributed by atoms with Gasteiger partial charge in [0.15, 0.2) is 0 Å². The Morgan fingerprint density at radius 2 is 1.96 bits per heavy atom. The molecule has 0 spiro atoms. The molecule has 27 heavy (non-hydrogen) atoms. The number of thiophene rings is 1. The summed E-state index contributed by atoms with van der Waals surface area (Å²) in [6.45, 7) is 3.78. The molecule has 2 amide bonds. The highest BCUT2D eigenvalue weighted by atomic mass is 32.1. The number of aromatic nitrogens is 2. The van der Waals surface area contributed by atoms with Gasteiger partial charge in [-0.25, -0.2) is 4.98 Å². The maximum absolute atomic E-state index is 12.2. The highest BCUT2D eigenvalue weighted by Crippen LogP contribution is 2.25. The summed E-state index contributed by atoms with van der Waals surface area (Å²) in [6, 6.07) is 6.65. The third-order valence-corrected chi connectivity index (χ3v) is 5.18. The zero-order chi connectivity index (χ0) is 19.6. The minimum Gasteiger partial charge on any atom is -0.496 e. The Bertz CT molecular complexity index is 1090. The maximum atomic E-state index is 12.2. The average molecular weight is 386 g/mol. The van der Waals surface area contributed by atoms with Gasteiger partial charge >= 0.3 is 0 Å². The maximum Gasteiger partial charge on any atom is 0.273 e. The molecule has 0 fully saturated rings. The molecule has 0 aliphatic rings. The van der Waals surface area contributed by atoms with E-state index >= 15 is 0 Å². The van der Waals surface area contributed by atoms with Crippen LogP contribution in [0.4, 0.5) is 0 Å². The predicted octanol–water partition coefficient (Wildman–Crippen LogP) is 1.61. The van der Waals surface area contributed by atoms with Crippen molar-refractivity contribution in [1.82, 2.24) is 20.8 Å². The van der Waals surface area contributed by atoms with E-state index in [-0.39, 0.29) is 23.4 Å². The summed E-state index contributed by atoms with van der Waals surface area (Å²) < 4.78 is 5.11. The fraction of sp³-hybridized carbons (Fsp3) is 0.222. The van der Waals surface area contributed by atoms with Gasteiger partial charge in [0, 0.05) is 4.88 Å². The molecule has 2 heterocycles. The van der Waals surface area contributed by atoms with Crippen LogP contribution in [0.2, 0.25) is 0 Å². The number of amides is 2. The molecular formula is C18H18N4O4S. The first-order chi connectivity index (χ1) is 12.9. The van der Waals surface area contributed by atoms with Gasteiger partial charge in [0.25, 0.3) is 11.5 Å². The molecule has 3 rings (SSSR count). The number of carbonyl (C=O) groups excluding carboxylic acids is 2. The molecule has 1 aromatic carbocycles. The van der Waals surface area contributed by atoms with Gasteiger partial charge in [0.1, 0.15) is 16.4 Å². The lowest BCUT2D eigenvalue weighted by Crippen LogP contribution is -2.42. The van der Waals surface area contributed by atoms with Crippen LogP contribution in [0.1, 0.15) is 26.6 Å². The van der Waals surface area contributed by atoms with Gasteiger partial charge in [-0.2, -0.15) is 0 Å². The number of nitrogens with zero attached hydrogens (tertiary/aromatic N) is 1. The monoisotopic (exact) mass is 386 g/mol. The lowest BCUT2D eigenvalue weighted by Gasteiger charge is -2.10. The van der Waals surface area contributed by atoms with Gasteiger partial charge in [-0.15, -0.1) is 11.3 Å². The van der Waals surface area contributed by atoms with Crippen LogP contribution in [-0.2, 0) is 11.2 Å². The number of rotatable bonds is 4. The van der Waals surface area contributed by atoms with E-state index in [1.807, 2.05) is 13.8 Å². The van der Waals surface area contributed by atoms with Crippen molar-refractivity contribution in [2.75, 3.05) is 7.11 Å². The predicted molar refractivity (Wildman–Crippen MR) is 102 cm³/mol. The number of aromatic amines is 1. The molecular weight excluding hydrogens is 368 g/mol. The first kappa shape index (κ1) is 18.6. The molecule has 0 saturated heterocycles. The Hall–Kier alpha value is -3.20. The second-order valence-corrected chi connectivity index (χ2v) is 7.06. The van der Waals surface area contributed by atoms with Gasteiger partial charge < -0.3 is 9.72 Å². The fourth-order valence-electron chi connectivity index (χ4n) is 2.61. The minimum atomic E-state index is -0.512. The normalized spacial score (nSPS) is 10.6. The van der Waals surface area contributed by atoms with Crippen molar-refractivity contribution in [1.29, 1.82) is 0 Å². The van der Waals surface area contributed by atoms with E-state index in [9.17, 15) is 14.4 Å². The second-order valence-electron chi connectivity index (χ2n) is 5.86. The van der Waals surface area contributed by atoms with Gasteiger partial charge in [-0.1, -0.05) is 12.1 Å². The van der Waals surface area contributed by atoms with E-state index in [0.29, 0.717) is 16.0 Å². The van der Waals surface area contributed by atoms with Crippen LogP contribution < -0.4 is 21.1 Å². The van der Waals surface area contributed by atoms with Crippen LogP contribution in [-0.4, -0.2) is 28.9 Å². The van der Waals surface area contributed by atoms with Crippen molar-refractivity contribution in [3.05, 3.63) is 56.4 Å². The zero-order valence-corrected chi connectivity index (χ0v) is 15.8. The van der Waals surface area contributed by atoms with Gasteiger partial charge in [0.05, 0.1) is 24.5 Å². The average Bonchev–Trinajstić information content (AvgIpc) is 2.93. The Labute approximate surface area is 158 Å². The number of ether oxygens (including phenoxy) is 1. The number of hydrazine groups is 1. The summed E-state index contributed by atoms with van der Waals surface area (Å²) in [5, 5.41) is 0.547. The number of benzene rings is 1. The van der Waals surface area contributed by atoms with Crippen molar-refractivity contribution >= 4 is 33.4 Å². The molecule has 0 aliphatic heterocycles. The van der Waals surface area contributed by atoms with Crippen molar-refractivity contribution in [3.8, 4) is 5.75 Å². The van der Waals surface area contributed by atoms with Crippen LogP contribution in [0.25, 0.3) is 10.2 Å². The van der Waals surface area contributed by atoms with E-state index < -0.39 is 11.8 Å². The number of hydrogen-bond acceptors (Lipinski definition) is 6. The number of aryl methyl sites for hydroxylation is 2. The lowest BCUT2D eigenvalue weighted by molar-refractivity contribution is -0.121. The highest BCUT2D eigenvalue weighted by Gasteiger charge is 2.15. The third-order valence-electron chi connectivity index (χ3n) is 4.08. The number of para-hydroxylation sites is 1. The lowest BCUT2D eigenvalue weighted by atomic mass is 10.2.